The number of carbonyl (C=O) groups is 1. The molecule has 2 unspecified atom stereocenters. The number of hydrogen-bond donors (Lipinski definition) is 1. The Hall–Kier alpha value is -2.18. The summed E-state index contributed by atoms with van der Waals surface area (Å²) in [6.07, 6.45) is -0.0650. The second-order valence-electron chi connectivity index (χ2n) is 8.13. The van der Waals surface area contributed by atoms with E-state index in [0.717, 1.165) is 23.5 Å². The predicted octanol–water partition coefficient (Wildman–Crippen LogP) is 3.89. The van der Waals surface area contributed by atoms with Gasteiger partial charge in [0.05, 0.1) is 11.8 Å². The SMILES string of the molecule is C=C1C2=C(N(C)C(=O)N1CCC)N(C)C(C(O)C(C)C)N2Cc1ccc(Cl)cc1. The number of amides is 2. The third kappa shape index (κ3) is 3.71. The van der Waals surface area contributed by atoms with Gasteiger partial charge in [-0.1, -0.05) is 51.1 Å². The van der Waals surface area contributed by atoms with E-state index < -0.39 is 6.10 Å². The molecule has 2 aliphatic heterocycles. The molecule has 2 heterocycles. The predicted molar refractivity (Wildman–Crippen MR) is 116 cm³/mol. The molecule has 3 rings (SSSR count). The highest BCUT2D eigenvalue weighted by atomic mass is 35.5. The van der Waals surface area contributed by atoms with Gasteiger partial charge in [0.1, 0.15) is 17.7 Å². The van der Waals surface area contributed by atoms with Gasteiger partial charge in [-0.25, -0.2) is 4.79 Å². The molecule has 7 heteroatoms. The van der Waals surface area contributed by atoms with Crippen molar-refractivity contribution < 1.29 is 9.90 Å². The maximum Gasteiger partial charge on any atom is 0.329 e. The number of aliphatic hydroxyl groups is 1. The normalized spacial score (nSPS) is 20.9. The molecule has 0 radical (unpaired) electrons. The van der Waals surface area contributed by atoms with Crippen LogP contribution >= 0.6 is 11.6 Å². The van der Waals surface area contributed by atoms with Crippen molar-refractivity contribution >= 4 is 17.6 Å². The van der Waals surface area contributed by atoms with Crippen molar-refractivity contribution in [1.82, 2.24) is 19.6 Å². The summed E-state index contributed by atoms with van der Waals surface area (Å²) in [5.41, 5.74) is 2.65. The van der Waals surface area contributed by atoms with Gasteiger partial charge in [0.15, 0.2) is 0 Å². The lowest BCUT2D eigenvalue weighted by molar-refractivity contribution is -0.0168. The van der Waals surface area contributed by atoms with Crippen LogP contribution in [0.15, 0.2) is 48.1 Å². The number of hydrogen-bond acceptors (Lipinski definition) is 4. The maximum absolute atomic E-state index is 13.0. The highest BCUT2D eigenvalue weighted by Gasteiger charge is 2.48. The number of nitrogens with zero attached hydrogens (tertiary/aromatic N) is 4. The Morgan fingerprint density at radius 2 is 1.83 bits per heavy atom. The van der Waals surface area contributed by atoms with Crippen molar-refractivity contribution in [1.29, 1.82) is 0 Å². The Morgan fingerprint density at radius 1 is 1.21 bits per heavy atom. The van der Waals surface area contributed by atoms with Crippen molar-refractivity contribution in [3.8, 4) is 0 Å². The van der Waals surface area contributed by atoms with Crippen LogP contribution in [-0.4, -0.2) is 63.6 Å². The van der Waals surface area contributed by atoms with Gasteiger partial charge in [-0.15, -0.1) is 0 Å². The fraction of sp³-hybridized carbons (Fsp3) is 0.500. The summed E-state index contributed by atoms with van der Waals surface area (Å²) < 4.78 is 0. The standard InChI is InChI=1S/C22H31ClN4O2/c1-7-12-26-15(4)18-20(25(6)22(26)29)24(5)21(19(28)14(2)3)27(18)13-16-8-10-17(23)11-9-16/h8-11,14,19,21,28H,4,7,12-13H2,1-3,5-6H3. The largest absolute Gasteiger partial charge is 0.389 e. The summed E-state index contributed by atoms with van der Waals surface area (Å²) in [4.78, 5) is 20.5. The molecular weight excluding hydrogens is 388 g/mol. The molecule has 1 N–H and O–H groups in total. The molecule has 0 bridgehead atoms. The first-order valence-electron chi connectivity index (χ1n) is 10.1. The van der Waals surface area contributed by atoms with Gasteiger partial charge in [-0.05, 0) is 30.0 Å². The van der Waals surface area contributed by atoms with E-state index in [9.17, 15) is 9.90 Å². The van der Waals surface area contributed by atoms with Crippen molar-refractivity contribution in [2.45, 2.75) is 46.0 Å². The van der Waals surface area contributed by atoms with Gasteiger partial charge in [0, 0.05) is 32.2 Å². The molecule has 6 nitrogen and oxygen atoms in total. The Balaban J connectivity index is 2.08. The zero-order valence-corrected chi connectivity index (χ0v) is 18.6. The van der Waals surface area contributed by atoms with Crippen LogP contribution in [0.5, 0.6) is 0 Å². The van der Waals surface area contributed by atoms with E-state index >= 15 is 0 Å². The third-order valence-electron chi connectivity index (χ3n) is 5.69. The average molecular weight is 419 g/mol. The van der Waals surface area contributed by atoms with E-state index in [1.165, 1.54) is 0 Å². The van der Waals surface area contributed by atoms with Crippen LogP contribution in [0.25, 0.3) is 0 Å². The average Bonchev–Trinajstić information content (AvgIpc) is 2.96. The number of benzene rings is 1. The van der Waals surface area contributed by atoms with E-state index in [-0.39, 0.29) is 18.1 Å². The lowest BCUT2D eigenvalue weighted by Gasteiger charge is -2.38. The van der Waals surface area contributed by atoms with Crippen LogP contribution in [0, 0.1) is 5.92 Å². The monoisotopic (exact) mass is 418 g/mol. The topological polar surface area (TPSA) is 50.3 Å². The van der Waals surface area contributed by atoms with Crippen molar-refractivity contribution in [2.24, 2.45) is 5.92 Å². The van der Waals surface area contributed by atoms with E-state index in [1.807, 2.05) is 57.0 Å². The molecular formula is C22H31ClN4O2. The van der Waals surface area contributed by atoms with Crippen LogP contribution in [0.3, 0.4) is 0 Å². The Morgan fingerprint density at radius 3 is 2.38 bits per heavy atom. The Bertz CT molecular complexity index is 821. The minimum absolute atomic E-state index is 0.0533. The van der Waals surface area contributed by atoms with Crippen molar-refractivity contribution in [3.05, 3.63) is 58.6 Å². The lowest BCUT2D eigenvalue weighted by Crippen LogP contribution is -2.50. The number of likely N-dealkylation sites (N-methyl/N-ethyl adjacent to an activating group) is 1. The zero-order valence-electron chi connectivity index (χ0n) is 17.9. The Labute approximate surface area is 178 Å². The molecule has 0 saturated heterocycles. The van der Waals surface area contributed by atoms with Crippen LogP contribution in [0.2, 0.25) is 5.02 Å². The molecule has 1 aromatic rings. The minimum Gasteiger partial charge on any atom is -0.389 e. The fourth-order valence-corrected chi connectivity index (χ4v) is 4.26. The second kappa shape index (κ2) is 8.28. The molecule has 0 fully saturated rings. The van der Waals surface area contributed by atoms with Crippen LogP contribution in [-0.2, 0) is 6.54 Å². The highest BCUT2D eigenvalue weighted by Crippen LogP contribution is 2.41. The van der Waals surface area contributed by atoms with Gasteiger partial charge >= 0.3 is 6.03 Å². The van der Waals surface area contributed by atoms with Crippen LogP contribution in [0.4, 0.5) is 4.79 Å². The maximum atomic E-state index is 13.0. The molecule has 2 amide bonds. The van der Waals surface area contributed by atoms with Crippen molar-refractivity contribution in [3.63, 3.8) is 0 Å². The summed E-state index contributed by atoms with van der Waals surface area (Å²) in [6, 6.07) is 7.63. The van der Waals surface area contributed by atoms with Gasteiger partial charge in [0.2, 0.25) is 0 Å². The van der Waals surface area contributed by atoms with E-state index in [1.54, 1.807) is 16.8 Å². The van der Waals surface area contributed by atoms with Crippen LogP contribution in [0.1, 0.15) is 32.8 Å². The van der Waals surface area contributed by atoms with E-state index in [4.69, 9.17) is 11.6 Å². The van der Waals surface area contributed by atoms with Gasteiger partial charge in [-0.3, -0.25) is 9.80 Å². The quantitative estimate of drug-likeness (QED) is 0.761. The highest BCUT2D eigenvalue weighted by molar-refractivity contribution is 6.30. The smallest absolute Gasteiger partial charge is 0.329 e. The van der Waals surface area contributed by atoms with E-state index in [2.05, 4.69) is 11.5 Å². The minimum atomic E-state index is -0.603. The number of carbonyl (C=O) groups excluding carboxylic acids is 1. The molecule has 2 aliphatic rings. The summed E-state index contributed by atoms with van der Waals surface area (Å²) in [5, 5.41) is 11.8. The van der Waals surface area contributed by atoms with Crippen LogP contribution < -0.4 is 0 Å². The number of halogens is 1. The summed E-state index contributed by atoms with van der Waals surface area (Å²) in [5.74, 6) is 0.837. The zero-order chi connectivity index (χ0) is 21.5. The third-order valence-corrected chi connectivity index (χ3v) is 5.94. The van der Waals surface area contributed by atoms with E-state index in [0.29, 0.717) is 23.8 Å². The molecule has 0 saturated carbocycles. The first-order chi connectivity index (χ1) is 13.7. The Kier molecular flexibility index (Phi) is 6.15. The number of rotatable bonds is 6. The molecule has 0 aromatic heterocycles. The lowest BCUT2D eigenvalue weighted by atomic mass is 10.0. The summed E-state index contributed by atoms with van der Waals surface area (Å²) in [6.45, 7) is 11.5. The number of urea groups is 1. The number of aliphatic hydroxyl groups excluding tert-OH is 1. The molecule has 1 aromatic carbocycles. The van der Waals surface area contributed by atoms with Crippen molar-refractivity contribution in [2.75, 3.05) is 20.6 Å². The molecule has 158 valence electrons. The molecule has 2 atom stereocenters. The van der Waals surface area contributed by atoms with Gasteiger partial charge in [-0.2, -0.15) is 0 Å². The summed E-state index contributed by atoms with van der Waals surface area (Å²) in [7, 11) is 3.72. The first-order valence-corrected chi connectivity index (χ1v) is 10.5. The van der Waals surface area contributed by atoms with Gasteiger partial charge < -0.3 is 14.9 Å². The molecule has 29 heavy (non-hydrogen) atoms. The first kappa shape index (κ1) is 21.5. The molecule has 0 aliphatic carbocycles. The summed E-state index contributed by atoms with van der Waals surface area (Å²) >= 11 is 6.06. The second-order valence-corrected chi connectivity index (χ2v) is 8.56. The molecule has 0 spiro atoms. The van der Waals surface area contributed by atoms with Gasteiger partial charge in [0.25, 0.3) is 0 Å². The fourth-order valence-electron chi connectivity index (χ4n) is 4.14.